The molecule has 4 nitrogen and oxygen atoms in total. The van der Waals surface area contributed by atoms with Gasteiger partial charge < -0.3 is 9.47 Å². The summed E-state index contributed by atoms with van der Waals surface area (Å²) in [6.07, 6.45) is 1.83. The van der Waals surface area contributed by atoms with Crippen molar-refractivity contribution in [3.05, 3.63) is 71.8 Å². The molecule has 152 valence electrons. The van der Waals surface area contributed by atoms with Gasteiger partial charge in [0.05, 0.1) is 24.3 Å². The van der Waals surface area contributed by atoms with Gasteiger partial charge in [-0.15, -0.1) is 0 Å². The second kappa shape index (κ2) is 13.5. The molecule has 0 amide bonds. The maximum atomic E-state index is 11.4. The van der Waals surface area contributed by atoms with Crippen LogP contribution in [-0.2, 0) is 9.47 Å². The smallest absolute Gasteiger partial charge is 0.338 e. The zero-order valence-electron chi connectivity index (χ0n) is 17.4. The van der Waals surface area contributed by atoms with Crippen LogP contribution in [0, 0.1) is 11.8 Å². The van der Waals surface area contributed by atoms with Gasteiger partial charge in [0.2, 0.25) is 0 Å². The van der Waals surface area contributed by atoms with Gasteiger partial charge in [0.15, 0.2) is 0 Å². The number of benzene rings is 2. The number of esters is 2. The molecule has 4 heteroatoms. The molecule has 0 aliphatic rings. The minimum Gasteiger partial charge on any atom is -0.462 e. The van der Waals surface area contributed by atoms with Gasteiger partial charge in [0.25, 0.3) is 0 Å². The second-order valence-corrected chi connectivity index (χ2v) is 7.37. The third kappa shape index (κ3) is 10.5. The van der Waals surface area contributed by atoms with Crippen molar-refractivity contribution in [1.82, 2.24) is 0 Å². The standard InChI is InChI=1S/2C12H16O2/c2*1-10(2)8-9-14-12(13)11-6-4-3-5-7-11/h2*3-7,10H,8-9H2,1-2H3. The Bertz CT molecular complexity index is 617. The molecule has 2 aromatic rings. The minimum absolute atomic E-state index is 0.230. The molecule has 0 aliphatic heterocycles. The molecule has 0 fully saturated rings. The van der Waals surface area contributed by atoms with Crippen molar-refractivity contribution in [2.24, 2.45) is 11.8 Å². The summed E-state index contributed by atoms with van der Waals surface area (Å²) in [6.45, 7) is 9.44. The van der Waals surface area contributed by atoms with E-state index in [4.69, 9.17) is 9.47 Å². The van der Waals surface area contributed by atoms with Crippen LogP contribution < -0.4 is 0 Å². The number of rotatable bonds is 8. The number of ether oxygens (including phenoxy) is 2. The Morgan fingerprint density at radius 1 is 0.643 bits per heavy atom. The normalized spacial score (nSPS) is 10.2. The summed E-state index contributed by atoms with van der Waals surface area (Å²) in [5.41, 5.74) is 1.24. The van der Waals surface area contributed by atoms with E-state index in [1.165, 1.54) is 0 Å². The molecule has 0 aliphatic carbocycles. The van der Waals surface area contributed by atoms with Crippen LogP contribution in [-0.4, -0.2) is 25.2 Å². The Labute approximate surface area is 168 Å². The Morgan fingerprint density at radius 3 is 1.25 bits per heavy atom. The highest BCUT2D eigenvalue weighted by atomic mass is 16.5. The molecule has 0 saturated carbocycles. The van der Waals surface area contributed by atoms with Gasteiger partial charge in [-0.2, -0.15) is 0 Å². The fraction of sp³-hybridized carbons (Fsp3) is 0.417. The molecule has 0 saturated heterocycles. The lowest BCUT2D eigenvalue weighted by Crippen LogP contribution is -2.07. The van der Waals surface area contributed by atoms with E-state index in [-0.39, 0.29) is 11.9 Å². The minimum atomic E-state index is -0.230. The van der Waals surface area contributed by atoms with Crippen LogP contribution in [0.25, 0.3) is 0 Å². The second-order valence-electron chi connectivity index (χ2n) is 7.37. The highest BCUT2D eigenvalue weighted by Gasteiger charge is 2.06. The van der Waals surface area contributed by atoms with Gasteiger partial charge in [-0.25, -0.2) is 9.59 Å². The van der Waals surface area contributed by atoms with Crippen LogP contribution >= 0.6 is 0 Å². The van der Waals surface area contributed by atoms with Crippen molar-refractivity contribution in [1.29, 1.82) is 0 Å². The predicted octanol–water partition coefficient (Wildman–Crippen LogP) is 5.78. The van der Waals surface area contributed by atoms with Gasteiger partial charge in [0, 0.05) is 0 Å². The first kappa shape index (κ1) is 23.4. The lowest BCUT2D eigenvalue weighted by molar-refractivity contribution is 0.0478. The first-order valence-corrected chi connectivity index (χ1v) is 9.84. The summed E-state index contributed by atoms with van der Waals surface area (Å²) in [5.74, 6) is 0.676. The monoisotopic (exact) mass is 384 g/mol. The highest BCUT2D eigenvalue weighted by Crippen LogP contribution is 2.05. The van der Waals surface area contributed by atoms with Crippen LogP contribution in [0.15, 0.2) is 60.7 Å². The molecule has 28 heavy (non-hydrogen) atoms. The van der Waals surface area contributed by atoms with Gasteiger partial charge in [-0.1, -0.05) is 64.1 Å². The molecule has 0 spiro atoms. The lowest BCUT2D eigenvalue weighted by atomic mass is 10.1. The largest absolute Gasteiger partial charge is 0.462 e. The summed E-state index contributed by atoms with van der Waals surface area (Å²) in [5, 5.41) is 0. The fourth-order valence-corrected chi connectivity index (χ4v) is 2.09. The molecule has 0 heterocycles. The third-order valence-electron chi connectivity index (χ3n) is 3.88. The van der Waals surface area contributed by atoms with Crippen molar-refractivity contribution in [2.75, 3.05) is 13.2 Å². The Morgan fingerprint density at radius 2 is 0.964 bits per heavy atom. The van der Waals surface area contributed by atoms with Crippen LogP contribution in [0.5, 0.6) is 0 Å². The van der Waals surface area contributed by atoms with E-state index in [0.717, 1.165) is 12.8 Å². The molecule has 0 atom stereocenters. The van der Waals surface area contributed by atoms with E-state index in [9.17, 15) is 9.59 Å². The lowest BCUT2D eigenvalue weighted by Gasteiger charge is -2.06. The van der Waals surface area contributed by atoms with E-state index in [0.29, 0.717) is 36.2 Å². The molecule has 2 rings (SSSR count). The summed E-state index contributed by atoms with van der Waals surface area (Å²) in [7, 11) is 0. The summed E-state index contributed by atoms with van der Waals surface area (Å²) in [6, 6.07) is 18.1. The van der Waals surface area contributed by atoms with Crippen molar-refractivity contribution in [3.8, 4) is 0 Å². The van der Waals surface area contributed by atoms with Gasteiger partial charge in [-0.3, -0.25) is 0 Å². The third-order valence-corrected chi connectivity index (χ3v) is 3.88. The molecule has 0 bridgehead atoms. The van der Waals surface area contributed by atoms with Gasteiger partial charge in [-0.05, 0) is 48.9 Å². The molecule has 0 unspecified atom stereocenters. The first-order valence-electron chi connectivity index (χ1n) is 9.84. The Balaban J connectivity index is 0.000000280. The summed E-state index contributed by atoms with van der Waals surface area (Å²) < 4.78 is 10.2. The summed E-state index contributed by atoms with van der Waals surface area (Å²) >= 11 is 0. The maximum absolute atomic E-state index is 11.4. The summed E-state index contributed by atoms with van der Waals surface area (Å²) in [4.78, 5) is 22.8. The Hall–Kier alpha value is -2.62. The average Bonchev–Trinajstić information content (AvgIpc) is 2.69. The zero-order chi connectivity index (χ0) is 20.8. The fourth-order valence-electron chi connectivity index (χ4n) is 2.09. The number of carbonyl (C=O) groups excluding carboxylic acids is 2. The van der Waals surface area contributed by atoms with E-state index in [1.807, 2.05) is 36.4 Å². The average molecular weight is 385 g/mol. The van der Waals surface area contributed by atoms with Crippen molar-refractivity contribution in [2.45, 2.75) is 40.5 Å². The topological polar surface area (TPSA) is 52.6 Å². The number of hydrogen-bond donors (Lipinski definition) is 0. The SMILES string of the molecule is CC(C)CCOC(=O)c1ccccc1.CC(C)CCOC(=O)c1ccccc1. The van der Waals surface area contributed by atoms with Crippen LogP contribution in [0.3, 0.4) is 0 Å². The van der Waals surface area contributed by atoms with Crippen molar-refractivity contribution in [3.63, 3.8) is 0 Å². The van der Waals surface area contributed by atoms with Crippen LogP contribution in [0.2, 0.25) is 0 Å². The van der Waals surface area contributed by atoms with Crippen LogP contribution in [0.4, 0.5) is 0 Å². The maximum Gasteiger partial charge on any atom is 0.338 e. The first-order chi connectivity index (χ1) is 13.4. The van der Waals surface area contributed by atoms with Crippen LogP contribution in [0.1, 0.15) is 61.3 Å². The molecular formula is C24H32O4. The molecule has 2 aromatic carbocycles. The molecule has 0 radical (unpaired) electrons. The van der Waals surface area contributed by atoms with Crippen molar-refractivity contribution < 1.29 is 19.1 Å². The van der Waals surface area contributed by atoms with Crippen molar-refractivity contribution >= 4 is 11.9 Å². The molecule has 0 aromatic heterocycles. The molecule has 0 N–H and O–H groups in total. The van der Waals surface area contributed by atoms with E-state index < -0.39 is 0 Å². The van der Waals surface area contributed by atoms with E-state index in [1.54, 1.807) is 24.3 Å². The zero-order valence-corrected chi connectivity index (χ0v) is 17.4. The molecular weight excluding hydrogens is 352 g/mol. The highest BCUT2D eigenvalue weighted by molar-refractivity contribution is 5.89. The van der Waals surface area contributed by atoms with E-state index in [2.05, 4.69) is 27.7 Å². The quantitative estimate of drug-likeness (QED) is 0.541. The van der Waals surface area contributed by atoms with E-state index >= 15 is 0 Å². The number of carbonyl (C=O) groups is 2. The Kier molecular flexibility index (Phi) is 11.3. The number of hydrogen-bond acceptors (Lipinski definition) is 4. The predicted molar refractivity (Wildman–Crippen MR) is 112 cm³/mol. The van der Waals surface area contributed by atoms with Gasteiger partial charge in [0.1, 0.15) is 0 Å². The van der Waals surface area contributed by atoms with Gasteiger partial charge >= 0.3 is 11.9 Å².